The van der Waals surface area contributed by atoms with E-state index in [1.165, 1.54) is 53.5 Å². The molecule has 0 bridgehead atoms. The van der Waals surface area contributed by atoms with Gasteiger partial charge in [0.2, 0.25) is 0 Å². The standard InChI is InChI=1S/C25H26Br2/c1-13-7-19-17(21(26)9-13)11-15(3)23(19)25(5,6)24-16(4)12-18-20(24)8-14(2)10-22(18)27/h7-12,23-24H,1-6H3. The maximum absolute atomic E-state index is 3.80. The van der Waals surface area contributed by atoms with Crippen molar-refractivity contribution < 1.29 is 0 Å². The molecule has 2 unspecified atom stereocenters. The van der Waals surface area contributed by atoms with Gasteiger partial charge in [-0.25, -0.2) is 0 Å². The van der Waals surface area contributed by atoms with Gasteiger partial charge in [-0.15, -0.1) is 0 Å². The van der Waals surface area contributed by atoms with Crippen LogP contribution in [0.3, 0.4) is 0 Å². The Bertz CT molecular complexity index is 940. The summed E-state index contributed by atoms with van der Waals surface area (Å²) >= 11 is 7.60. The zero-order valence-corrected chi connectivity index (χ0v) is 20.0. The van der Waals surface area contributed by atoms with E-state index < -0.39 is 0 Å². The van der Waals surface area contributed by atoms with Gasteiger partial charge in [-0.05, 0) is 78.6 Å². The minimum absolute atomic E-state index is 0.0815. The summed E-state index contributed by atoms with van der Waals surface area (Å²) < 4.78 is 2.43. The fraction of sp³-hybridized carbons (Fsp3) is 0.360. The van der Waals surface area contributed by atoms with Crippen LogP contribution in [0.15, 0.2) is 44.4 Å². The predicted molar refractivity (Wildman–Crippen MR) is 124 cm³/mol. The number of hydrogen-bond donors (Lipinski definition) is 0. The first-order valence-corrected chi connectivity index (χ1v) is 11.2. The van der Waals surface area contributed by atoms with Crippen molar-refractivity contribution in [3.05, 3.63) is 77.7 Å². The second-order valence-electron chi connectivity index (χ2n) is 8.96. The van der Waals surface area contributed by atoms with Crippen LogP contribution in [-0.4, -0.2) is 0 Å². The van der Waals surface area contributed by atoms with Crippen LogP contribution < -0.4 is 0 Å². The molecule has 0 spiro atoms. The number of rotatable bonds is 2. The van der Waals surface area contributed by atoms with E-state index >= 15 is 0 Å². The Morgan fingerprint density at radius 2 is 1.04 bits per heavy atom. The highest BCUT2D eigenvalue weighted by atomic mass is 79.9. The van der Waals surface area contributed by atoms with Crippen LogP contribution in [0.1, 0.15) is 72.9 Å². The summed E-state index contributed by atoms with van der Waals surface area (Å²) in [5.74, 6) is 0.838. The quantitative estimate of drug-likeness (QED) is 0.399. The molecule has 0 aromatic heterocycles. The highest BCUT2D eigenvalue weighted by molar-refractivity contribution is 9.10. The van der Waals surface area contributed by atoms with Crippen molar-refractivity contribution in [1.29, 1.82) is 0 Å². The maximum atomic E-state index is 3.80. The smallest absolute Gasteiger partial charge is 0.0253 e. The van der Waals surface area contributed by atoms with Gasteiger partial charge in [-0.3, -0.25) is 0 Å². The Hall–Kier alpha value is -1.12. The lowest BCUT2D eigenvalue weighted by Crippen LogP contribution is -2.30. The molecule has 2 heteroatoms. The summed E-state index contributed by atoms with van der Waals surface area (Å²) in [4.78, 5) is 0. The molecular weight excluding hydrogens is 460 g/mol. The Labute approximate surface area is 180 Å². The number of halogens is 2. The van der Waals surface area contributed by atoms with E-state index in [9.17, 15) is 0 Å². The first-order valence-electron chi connectivity index (χ1n) is 9.57. The normalized spacial score (nSPS) is 21.0. The van der Waals surface area contributed by atoms with Crippen molar-refractivity contribution in [2.24, 2.45) is 5.41 Å². The summed E-state index contributed by atoms with van der Waals surface area (Å²) in [6.07, 6.45) is 4.76. The van der Waals surface area contributed by atoms with Crippen LogP contribution in [0, 0.1) is 19.3 Å². The van der Waals surface area contributed by atoms with Crippen LogP contribution in [0.25, 0.3) is 12.2 Å². The van der Waals surface area contributed by atoms with Gasteiger partial charge in [-0.1, -0.05) is 81.1 Å². The molecule has 27 heavy (non-hydrogen) atoms. The van der Waals surface area contributed by atoms with Gasteiger partial charge in [-0.2, -0.15) is 0 Å². The van der Waals surface area contributed by atoms with Crippen molar-refractivity contribution in [3.63, 3.8) is 0 Å². The maximum Gasteiger partial charge on any atom is 0.0253 e. The first kappa shape index (κ1) is 19.2. The number of allylic oxidation sites excluding steroid dienone is 2. The molecule has 2 aliphatic rings. The van der Waals surface area contributed by atoms with Crippen molar-refractivity contribution in [2.45, 2.75) is 53.4 Å². The Morgan fingerprint density at radius 3 is 1.41 bits per heavy atom. The van der Waals surface area contributed by atoms with Gasteiger partial charge in [0.15, 0.2) is 0 Å². The van der Waals surface area contributed by atoms with Crippen LogP contribution >= 0.6 is 31.9 Å². The lowest BCUT2D eigenvalue weighted by atomic mass is 9.62. The third kappa shape index (κ3) is 2.91. The highest BCUT2D eigenvalue weighted by Gasteiger charge is 2.45. The van der Waals surface area contributed by atoms with Gasteiger partial charge >= 0.3 is 0 Å². The van der Waals surface area contributed by atoms with Crippen molar-refractivity contribution >= 4 is 44.0 Å². The number of aryl methyl sites for hydroxylation is 2. The van der Waals surface area contributed by atoms with E-state index in [1.54, 1.807) is 0 Å². The molecule has 0 N–H and O–H groups in total. The Kier molecular flexibility index (Phi) is 4.59. The molecule has 4 rings (SSSR count). The molecule has 0 aliphatic heterocycles. The highest BCUT2D eigenvalue weighted by Crippen LogP contribution is 2.59. The van der Waals surface area contributed by atoms with Gasteiger partial charge in [0.25, 0.3) is 0 Å². The van der Waals surface area contributed by atoms with Crippen molar-refractivity contribution in [1.82, 2.24) is 0 Å². The van der Waals surface area contributed by atoms with Gasteiger partial charge in [0, 0.05) is 20.8 Å². The first-order chi connectivity index (χ1) is 12.6. The lowest BCUT2D eigenvalue weighted by Gasteiger charge is -2.41. The molecule has 0 saturated carbocycles. The fourth-order valence-corrected chi connectivity index (χ4v) is 7.01. The SMILES string of the molecule is CC1=Cc2c(Br)cc(C)cc2C1C(C)(C)C1C(C)=Cc2c(Br)cc(C)cc21. The van der Waals surface area contributed by atoms with Gasteiger partial charge in [0.1, 0.15) is 0 Å². The van der Waals surface area contributed by atoms with Crippen LogP contribution in [-0.2, 0) is 0 Å². The molecule has 0 radical (unpaired) electrons. The number of benzene rings is 2. The monoisotopic (exact) mass is 484 g/mol. The van der Waals surface area contributed by atoms with E-state index in [0.717, 1.165) is 0 Å². The third-order valence-corrected chi connectivity index (χ3v) is 7.69. The fourth-order valence-electron chi connectivity index (χ4n) is 5.60. The molecule has 2 atom stereocenters. The second-order valence-corrected chi connectivity index (χ2v) is 10.7. The van der Waals surface area contributed by atoms with Crippen LogP contribution in [0.4, 0.5) is 0 Å². The number of fused-ring (bicyclic) bond motifs is 2. The van der Waals surface area contributed by atoms with E-state index in [0.29, 0.717) is 11.8 Å². The third-order valence-electron chi connectivity index (χ3n) is 6.38. The van der Waals surface area contributed by atoms with E-state index in [1.807, 2.05) is 0 Å². The summed E-state index contributed by atoms with van der Waals surface area (Å²) in [6, 6.07) is 9.24. The average Bonchev–Trinajstić information content (AvgIpc) is 3.04. The van der Waals surface area contributed by atoms with Crippen molar-refractivity contribution in [2.75, 3.05) is 0 Å². The molecule has 0 saturated heterocycles. The molecule has 2 aliphatic carbocycles. The molecule has 0 fully saturated rings. The molecule has 0 nitrogen and oxygen atoms in total. The summed E-state index contributed by atoms with van der Waals surface area (Å²) in [5, 5.41) is 0. The van der Waals surface area contributed by atoms with E-state index in [2.05, 4.69) is 110 Å². The topological polar surface area (TPSA) is 0 Å². The zero-order valence-electron chi connectivity index (χ0n) is 16.9. The van der Waals surface area contributed by atoms with E-state index in [4.69, 9.17) is 0 Å². The van der Waals surface area contributed by atoms with Crippen LogP contribution in [0.2, 0.25) is 0 Å². The number of hydrogen-bond acceptors (Lipinski definition) is 0. The summed E-state index contributed by atoms with van der Waals surface area (Å²) in [6.45, 7) is 13.9. The molecule has 140 valence electrons. The van der Waals surface area contributed by atoms with Gasteiger partial charge < -0.3 is 0 Å². The molecule has 0 heterocycles. The molecule has 0 amide bonds. The van der Waals surface area contributed by atoms with Crippen LogP contribution in [0.5, 0.6) is 0 Å². The minimum atomic E-state index is 0.0815. The predicted octanol–water partition coefficient (Wildman–Crippen LogP) is 8.56. The minimum Gasteiger partial charge on any atom is -0.0646 e. The lowest BCUT2D eigenvalue weighted by molar-refractivity contribution is 0.274. The van der Waals surface area contributed by atoms with E-state index in [-0.39, 0.29) is 5.41 Å². The zero-order chi connectivity index (χ0) is 19.7. The molecule has 2 aromatic carbocycles. The summed E-state index contributed by atoms with van der Waals surface area (Å²) in [7, 11) is 0. The second kappa shape index (κ2) is 6.46. The van der Waals surface area contributed by atoms with Crippen molar-refractivity contribution in [3.8, 4) is 0 Å². The molecule has 2 aromatic rings. The Balaban J connectivity index is 1.88. The molecular formula is C25H26Br2. The summed E-state index contributed by atoms with van der Waals surface area (Å²) in [5.41, 5.74) is 11.3. The Morgan fingerprint density at radius 1 is 0.667 bits per heavy atom. The average molecular weight is 486 g/mol. The van der Waals surface area contributed by atoms with Gasteiger partial charge in [0.05, 0.1) is 0 Å². The largest absolute Gasteiger partial charge is 0.0646 e.